The average molecular weight is 226 g/mol. The van der Waals surface area contributed by atoms with Crippen molar-refractivity contribution in [2.45, 2.75) is 57.1 Å². The summed E-state index contributed by atoms with van der Waals surface area (Å²) in [6, 6.07) is 0.723. The minimum absolute atomic E-state index is 0.539. The van der Waals surface area contributed by atoms with E-state index in [0.29, 0.717) is 6.10 Å². The van der Waals surface area contributed by atoms with Crippen LogP contribution in [0.1, 0.15) is 44.9 Å². The predicted molar refractivity (Wildman–Crippen MR) is 66.5 cm³/mol. The first kappa shape index (κ1) is 12.3. The lowest BCUT2D eigenvalue weighted by Crippen LogP contribution is -2.52. The van der Waals surface area contributed by atoms with Crippen molar-refractivity contribution in [3.63, 3.8) is 0 Å². The summed E-state index contributed by atoms with van der Waals surface area (Å²) in [6.07, 6.45) is 9.69. The van der Waals surface area contributed by atoms with Crippen molar-refractivity contribution in [3.8, 4) is 0 Å². The summed E-state index contributed by atoms with van der Waals surface area (Å²) in [4.78, 5) is 2.67. The van der Waals surface area contributed by atoms with Crippen LogP contribution < -0.4 is 5.73 Å². The second-order valence-electron chi connectivity index (χ2n) is 5.15. The quantitative estimate of drug-likeness (QED) is 0.726. The Labute approximate surface area is 99.3 Å². The molecule has 0 radical (unpaired) electrons. The van der Waals surface area contributed by atoms with Crippen LogP contribution in [0.4, 0.5) is 0 Å². The van der Waals surface area contributed by atoms with Crippen LogP contribution in [-0.2, 0) is 4.74 Å². The summed E-state index contributed by atoms with van der Waals surface area (Å²) in [6.45, 7) is 4.18. The van der Waals surface area contributed by atoms with Gasteiger partial charge in [0.15, 0.2) is 0 Å². The Balaban J connectivity index is 1.74. The molecule has 2 aliphatic rings. The van der Waals surface area contributed by atoms with Gasteiger partial charge in [0.05, 0.1) is 12.7 Å². The molecule has 0 aromatic heterocycles. The largest absolute Gasteiger partial charge is 0.375 e. The first-order valence-electron chi connectivity index (χ1n) is 6.97. The van der Waals surface area contributed by atoms with E-state index in [2.05, 4.69) is 4.90 Å². The van der Waals surface area contributed by atoms with Crippen LogP contribution in [0, 0.1) is 0 Å². The number of morpholine rings is 1. The lowest BCUT2D eigenvalue weighted by atomic mass is 9.90. The third-order valence-electron chi connectivity index (χ3n) is 4.00. The van der Waals surface area contributed by atoms with Gasteiger partial charge in [0.1, 0.15) is 0 Å². The van der Waals surface area contributed by atoms with E-state index in [9.17, 15) is 0 Å². The van der Waals surface area contributed by atoms with Crippen molar-refractivity contribution in [1.82, 2.24) is 4.90 Å². The Kier molecular flexibility index (Phi) is 5.07. The van der Waals surface area contributed by atoms with Crippen molar-refractivity contribution in [3.05, 3.63) is 0 Å². The summed E-state index contributed by atoms with van der Waals surface area (Å²) in [5.74, 6) is 0. The molecule has 2 atom stereocenters. The Morgan fingerprint density at radius 2 is 2.00 bits per heavy atom. The van der Waals surface area contributed by atoms with Gasteiger partial charge < -0.3 is 10.5 Å². The van der Waals surface area contributed by atoms with Crippen LogP contribution in [0.2, 0.25) is 0 Å². The van der Waals surface area contributed by atoms with Crippen LogP contribution in [0.25, 0.3) is 0 Å². The molecule has 94 valence electrons. The SMILES string of the molecule is NCCCCCN1CCOC2CCCCC21. The maximum absolute atomic E-state index is 5.88. The van der Waals surface area contributed by atoms with Gasteiger partial charge in [0, 0.05) is 12.6 Å². The zero-order valence-electron chi connectivity index (χ0n) is 10.4. The number of rotatable bonds is 5. The Hall–Kier alpha value is -0.120. The fraction of sp³-hybridized carbons (Fsp3) is 1.00. The van der Waals surface area contributed by atoms with Gasteiger partial charge in [-0.15, -0.1) is 0 Å². The van der Waals surface area contributed by atoms with E-state index in [1.165, 1.54) is 51.5 Å². The van der Waals surface area contributed by atoms with E-state index in [-0.39, 0.29) is 0 Å². The maximum Gasteiger partial charge on any atom is 0.0730 e. The minimum Gasteiger partial charge on any atom is -0.375 e. The zero-order chi connectivity index (χ0) is 11.2. The molecule has 1 saturated heterocycles. The smallest absolute Gasteiger partial charge is 0.0730 e. The van der Waals surface area contributed by atoms with Crippen LogP contribution in [0.15, 0.2) is 0 Å². The molecule has 16 heavy (non-hydrogen) atoms. The second kappa shape index (κ2) is 6.58. The summed E-state index contributed by atoms with van der Waals surface area (Å²) in [7, 11) is 0. The third kappa shape index (κ3) is 3.19. The Morgan fingerprint density at radius 3 is 2.88 bits per heavy atom. The van der Waals surface area contributed by atoms with Gasteiger partial charge in [0.2, 0.25) is 0 Å². The van der Waals surface area contributed by atoms with E-state index in [4.69, 9.17) is 10.5 Å². The van der Waals surface area contributed by atoms with Crippen molar-refractivity contribution in [1.29, 1.82) is 0 Å². The zero-order valence-corrected chi connectivity index (χ0v) is 10.4. The van der Waals surface area contributed by atoms with Crippen molar-refractivity contribution in [2.24, 2.45) is 5.73 Å². The standard InChI is InChI=1S/C13H26N2O/c14-8-4-1-5-9-15-10-11-16-13-7-3-2-6-12(13)15/h12-13H,1-11,14H2. The monoisotopic (exact) mass is 226 g/mol. The van der Waals surface area contributed by atoms with Crippen molar-refractivity contribution in [2.75, 3.05) is 26.2 Å². The first-order chi connectivity index (χ1) is 7.92. The van der Waals surface area contributed by atoms with E-state index >= 15 is 0 Å². The lowest BCUT2D eigenvalue weighted by molar-refractivity contribution is -0.0882. The molecule has 0 amide bonds. The number of unbranched alkanes of at least 4 members (excludes halogenated alkanes) is 2. The molecule has 3 nitrogen and oxygen atoms in total. The Morgan fingerprint density at radius 1 is 1.12 bits per heavy atom. The van der Waals surface area contributed by atoms with Crippen molar-refractivity contribution >= 4 is 0 Å². The maximum atomic E-state index is 5.88. The summed E-state index contributed by atoms with van der Waals surface area (Å²) in [5.41, 5.74) is 5.52. The topological polar surface area (TPSA) is 38.5 Å². The van der Waals surface area contributed by atoms with E-state index in [1.54, 1.807) is 0 Å². The van der Waals surface area contributed by atoms with Crippen LogP contribution in [-0.4, -0.2) is 43.3 Å². The van der Waals surface area contributed by atoms with Gasteiger partial charge in [-0.05, 0) is 38.8 Å². The number of ether oxygens (including phenoxy) is 1. The molecule has 1 aliphatic heterocycles. The van der Waals surface area contributed by atoms with Gasteiger partial charge in [-0.1, -0.05) is 19.3 Å². The highest BCUT2D eigenvalue weighted by molar-refractivity contribution is 4.87. The Bertz CT molecular complexity index is 196. The van der Waals surface area contributed by atoms with Crippen LogP contribution >= 0.6 is 0 Å². The molecular weight excluding hydrogens is 200 g/mol. The minimum atomic E-state index is 0.539. The normalized spacial score (nSPS) is 31.3. The predicted octanol–water partition coefficient (Wildman–Crippen LogP) is 1.76. The first-order valence-corrected chi connectivity index (χ1v) is 6.97. The molecule has 2 unspecified atom stereocenters. The molecule has 2 N–H and O–H groups in total. The number of hydrogen-bond donors (Lipinski definition) is 1. The second-order valence-corrected chi connectivity index (χ2v) is 5.15. The van der Waals surface area contributed by atoms with Crippen LogP contribution in [0.5, 0.6) is 0 Å². The molecule has 1 aliphatic carbocycles. The molecule has 3 heteroatoms. The highest BCUT2D eigenvalue weighted by Gasteiger charge is 2.33. The van der Waals surface area contributed by atoms with Gasteiger partial charge in [-0.3, -0.25) is 4.90 Å². The lowest BCUT2D eigenvalue weighted by Gasteiger charge is -2.43. The molecule has 1 heterocycles. The third-order valence-corrected chi connectivity index (χ3v) is 4.00. The molecule has 0 spiro atoms. The van der Waals surface area contributed by atoms with Crippen LogP contribution in [0.3, 0.4) is 0 Å². The average Bonchev–Trinajstić information content (AvgIpc) is 2.35. The molecule has 2 rings (SSSR count). The highest BCUT2D eigenvalue weighted by atomic mass is 16.5. The molecule has 0 bridgehead atoms. The molecule has 1 saturated carbocycles. The fourth-order valence-corrected chi connectivity index (χ4v) is 3.09. The number of nitrogens with two attached hydrogens (primary N) is 1. The van der Waals surface area contributed by atoms with E-state index < -0.39 is 0 Å². The highest BCUT2D eigenvalue weighted by Crippen LogP contribution is 2.28. The molecule has 2 fully saturated rings. The molecule has 0 aromatic rings. The van der Waals surface area contributed by atoms with Gasteiger partial charge in [0.25, 0.3) is 0 Å². The molecular formula is C13H26N2O. The van der Waals surface area contributed by atoms with Gasteiger partial charge in [-0.2, -0.15) is 0 Å². The van der Waals surface area contributed by atoms with Gasteiger partial charge in [-0.25, -0.2) is 0 Å². The van der Waals surface area contributed by atoms with Gasteiger partial charge >= 0.3 is 0 Å². The molecule has 0 aromatic carbocycles. The summed E-state index contributed by atoms with van der Waals surface area (Å²) in [5, 5.41) is 0. The number of fused-ring (bicyclic) bond motifs is 1. The number of hydrogen-bond acceptors (Lipinski definition) is 3. The number of nitrogens with zero attached hydrogens (tertiary/aromatic N) is 1. The summed E-state index contributed by atoms with van der Waals surface area (Å²) < 4.78 is 5.88. The fourth-order valence-electron chi connectivity index (χ4n) is 3.09. The van der Waals surface area contributed by atoms with E-state index in [0.717, 1.165) is 25.7 Å². The summed E-state index contributed by atoms with van der Waals surface area (Å²) >= 11 is 0. The van der Waals surface area contributed by atoms with Crippen molar-refractivity contribution < 1.29 is 4.74 Å². The van der Waals surface area contributed by atoms with E-state index in [1.807, 2.05) is 0 Å².